The highest BCUT2D eigenvalue weighted by Crippen LogP contribution is 2.31. The molecule has 0 aliphatic rings. The molecule has 120 valence electrons. The lowest BCUT2D eigenvalue weighted by molar-refractivity contribution is 0.335. The number of benzene rings is 2. The molecule has 3 rings (SSSR count). The zero-order valence-corrected chi connectivity index (χ0v) is 13.9. The standard InChI is InChI=1S/C19H21ClN2O/c1-2-23-19-6-4-3-5-13(19)9-14(11-21)17-12-22-18-8-7-15(20)10-16(17)18/h3-8,10,12,14,22H,2,9,11,21H2,1H3. The fourth-order valence-electron chi connectivity index (χ4n) is 3.01. The van der Waals surface area contributed by atoms with Crippen LogP contribution in [0.3, 0.4) is 0 Å². The van der Waals surface area contributed by atoms with Gasteiger partial charge in [0.2, 0.25) is 0 Å². The van der Waals surface area contributed by atoms with E-state index in [1.807, 2.05) is 49.5 Å². The Labute approximate surface area is 141 Å². The number of hydrogen-bond acceptors (Lipinski definition) is 2. The molecule has 1 heterocycles. The predicted molar refractivity (Wildman–Crippen MR) is 96.4 cm³/mol. The smallest absolute Gasteiger partial charge is 0.122 e. The van der Waals surface area contributed by atoms with E-state index in [2.05, 4.69) is 11.1 Å². The van der Waals surface area contributed by atoms with E-state index in [4.69, 9.17) is 22.1 Å². The van der Waals surface area contributed by atoms with Gasteiger partial charge in [-0.05, 0) is 55.3 Å². The summed E-state index contributed by atoms with van der Waals surface area (Å²) in [5.74, 6) is 1.15. The van der Waals surface area contributed by atoms with Crippen molar-refractivity contribution >= 4 is 22.5 Å². The Morgan fingerprint density at radius 2 is 2.04 bits per heavy atom. The topological polar surface area (TPSA) is 51.0 Å². The van der Waals surface area contributed by atoms with Gasteiger partial charge in [-0.2, -0.15) is 0 Å². The van der Waals surface area contributed by atoms with Gasteiger partial charge in [-0.15, -0.1) is 0 Å². The molecule has 0 saturated carbocycles. The Kier molecular flexibility index (Phi) is 4.89. The van der Waals surface area contributed by atoms with Gasteiger partial charge in [0.1, 0.15) is 5.75 Å². The molecular weight excluding hydrogens is 308 g/mol. The molecule has 4 heteroatoms. The SMILES string of the molecule is CCOc1ccccc1CC(CN)c1c[nH]c2ccc(Cl)cc12. The van der Waals surface area contributed by atoms with E-state index in [1.54, 1.807) is 0 Å². The van der Waals surface area contributed by atoms with E-state index in [0.717, 1.165) is 28.1 Å². The summed E-state index contributed by atoms with van der Waals surface area (Å²) in [5.41, 5.74) is 9.55. The van der Waals surface area contributed by atoms with E-state index >= 15 is 0 Å². The van der Waals surface area contributed by atoms with Gasteiger partial charge in [-0.25, -0.2) is 0 Å². The Morgan fingerprint density at radius 3 is 2.83 bits per heavy atom. The van der Waals surface area contributed by atoms with E-state index in [0.29, 0.717) is 13.2 Å². The highest BCUT2D eigenvalue weighted by atomic mass is 35.5. The number of aromatic amines is 1. The Bertz CT molecular complexity index is 797. The van der Waals surface area contributed by atoms with Crippen LogP contribution in [-0.4, -0.2) is 18.1 Å². The molecule has 0 fully saturated rings. The Hall–Kier alpha value is -1.97. The summed E-state index contributed by atoms with van der Waals surface area (Å²) < 4.78 is 5.74. The maximum Gasteiger partial charge on any atom is 0.122 e. The average Bonchev–Trinajstić information content (AvgIpc) is 2.97. The van der Waals surface area contributed by atoms with Crippen molar-refractivity contribution in [1.29, 1.82) is 0 Å². The van der Waals surface area contributed by atoms with Crippen LogP contribution in [0.1, 0.15) is 24.0 Å². The monoisotopic (exact) mass is 328 g/mol. The van der Waals surface area contributed by atoms with Gasteiger partial charge in [0.15, 0.2) is 0 Å². The Balaban J connectivity index is 1.95. The Morgan fingerprint density at radius 1 is 1.22 bits per heavy atom. The molecule has 3 N–H and O–H groups in total. The number of ether oxygens (including phenoxy) is 1. The van der Waals surface area contributed by atoms with Gasteiger partial charge >= 0.3 is 0 Å². The van der Waals surface area contributed by atoms with Crippen molar-refractivity contribution < 1.29 is 4.74 Å². The third kappa shape index (κ3) is 3.36. The van der Waals surface area contributed by atoms with Crippen LogP contribution < -0.4 is 10.5 Å². The molecule has 0 aliphatic heterocycles. The lowest BCUT2D eigenvalue weighted by Gasteiger charge is -2.17. The molecule has 3 aromatic rings. The minimum Gasteiger partial charge on any atom is -0.494 e. The lowest BCUT2D eigenvalue weighted by atomic mass is 9.91. The van der Waals surface area contributed by atoms with Crippen molar-refractivity contribution in [3.8, 4) is 5.75 Å². The van der Waals surface area contributed by atoms with Crippen LogP contribution in [0, 0.1) is 0 Å². The number of halogens is 1. The number of nitrogens with two attached hydrogens (primary N) is 1. The second-order valence-corrected chi connectivity index (χ2v) is 6.05. The van der Waals surface area contributed by atoms with Crippen molar-refractivity contribution in [2.24, 2.45) is 5.73 Å². The van der Waals surface area contributed by atoms with Crippen LogP contribution in [0.2, 0.25) is 5.02 Å². The van der Waals surface area contributed by atoms with Crippen LogP contribution in [-0.2, 0) is 6.42 Å². The molecule has 2 aromatic carbocycles. The molecule has 0 bridgehead atoms. The third-order valence-corrected chi connectivity index (χ3v) is 4.37. The molecule has 1 unspecified atom stereocenters. The summed E-state index contributed by atoms with van der Waals surface area (Å²) in [5, 5.41) is 1.88. The summed E-state index contributed by atoms with van der Waals surface area (Å²) in [4.78, 5) is 3.31. The van der Waals surface area contributed by atoms with Gasteiger partial charge < -0.3 is 15.5 Å². The van der Waals surface area contributed by atoms with E-state index in [-0.39, 0.29) is 5.92 Å². The quantitative estimate of drug-likeness (QED) is 0.699. The number of hydrogen-bond donors (Lipinski definition) is 2. The molecule has 0 aliphatic carbocycles. The van der Waals surface area contributed by atoms with Crippen LogP contribution in [0.4, 0.5) is 0 Å². The van der Waals surface area contributed by atoms with Crippen molar-refractivity contribution in [1.82, 2.24) is 4.98 Å². The molecule has 0 spiro atoms. The largest absolute Gasteiger partial charge is 0.494 e. The fraction of sp³-hybridized carbons (Fsp3) is 0.263. The van der Waals surface area contributed by atoms with Gasteiger partial charge in [0.05, 0.1) is 6.61 Å². The summed E-state index contributed by atoms with van der Waals surface area (Å²) in [6.45, 7) is 3.23. The molecule has 1 atom stereocenters. The van der Waals surface area contributed by atoms with Gasteiger partial charge in [0.25, 0.3) is 0 Å². The summed E-state index contributed by atoms with van der Waals surface area (Å²) in [6, 6.07) is 14.1. The summed E-state index contributed by atoms with van der Waals surface area (Å²) in [6.07, 6.45) is 2.88. The van der Waals surface area contributed by atoms with Crippen LogP contribution in [0.25, 0.3) is 10.9 Å². The number of aromatic nitrogens is 1. The van der Waals surface area contributed by atoms with E-state index in [9.17, 15) is 0 Å². The van der Waals surface area contributed by atoms with Gasteiger partial charge in [-0.1, -0.05) is 29.8 Å². The normalized spacial score (nSPS) is 12.5. The van der Waals surface area contributed by atoms with Gasteiger partial charge in [0, 0.05) is 28.0 Å². The highest BCUT2D eigenvalue weighted by molar-refractivity contribution is 6.31. The van der Waals surface area contributed by atoms with Crippen molar-refractivity contribution in [2.75, 3.05) is 13.2 Å². The number of para-hydroxylation sites is 1. The maximum atomic E-state index is 6.16. The van der Waals surface area contributed by atoms with E-state index in [1.165, 1.54) is 11.1 Å². The van der Waals surface area contributed by atoms with Crippen LogP contribution >= 0.6 is 11.6 Å². The molecule has 0 saturated heterocycles. The lowest BCUT2D eigenvalue weighted by Crippen LogP contribution is -2.15. The molecule has 0 amide bonds. The minimum absolute atomic E-state index is 0.212. The van der Waals surface area contributed by atoms with Crippen LogP contribution in [0.15, 0.2) is 48.7 Å². The van der Waals surface area contributed by atoms with Crippen LogP contribution in [0.5, 0.6) is 5.75 Å². The fourth-order valence-corrected chi connectivity index (χ4v) is 3.18. The number of rotatable bonds is 6. The van der Waals surface area contributed by atoms with E-state index < -0.39 is 0 Å². The summed E-state index contributed by atoms with van der Waals surface area (Å²) >= 11 is 6.16. The molecule has 1 aromatic heterocycles. The first kappa shape index (κ1) is 15.9. The first-order valence-corrected chi connectivity index (χ1v) is 8.28. The van der Waals surface area contributed by atoms with Crippen molar-refractivity contribution in [3.63, 3.8) is 0 Å². The second-order valence-electron chi connectivity index (χ2n) is 5.61. The van der Waals surface area contributed by atoms with Crippen molar-refractivity contribution in [2.45, 2.75) is 19.3 Å². The van der Waals surface area contributed by atoms with Gasteiger partial charge in [-0.3, -0.25) is 0 Å². The second kappa shape index (κ2) is 7.07. The first-order valence-electron chi connectivity index (χ1n) is 7.90. The number of nitrogens with one attached hydrogen (secondary N) is 1. The zero-order valence-electron chi connectivity index (χ0n) is 13.2. The predicted octanol–water partition coefficient (Wildman–Crippen LogP) is 4.51. The molecule has 3 nitrogen and oxygen atoms in total. The highest BCUT2D eigenvalue weighted by Gasteiger charge is 2.17. The first-order chi connectivity index (χ1) is 11.2. The summed E-state index contributed by atoms with van der Waals surface area (Å²) in [7, 11) is 0. The zero-order chi connectivity index (χ0) is 16.2. The average molecular weight is 329 g/mol. The number of fused-ring (bicyclic) bond motifs is 1. The van der Waals surface area contributed by atoms with Crippen molar-refractivity contribution in [3.05, 3.63) is 64.8 Å². The maximum absolute atomic E-state index is 6.16. The third-order valence-electron chi connectivity index (χ3n) is 4.14. The molecule has 23 heavy (non-hydrogen) atoms. The number of H-pyrrole nitrogens is 1. The minimum atomic E-state index is 0.212. The molecule has 0 radical (unpaired) electrons. The molecular formula is C19H21ClN2O.